The molecule has 1 aromatic carbocycles. The molecule has 5 rings (SSSR count). The highest BCUT2D eigenvalue weighted by Gasteiger charge is 2.56. The standard InChI is InChI=1S/C20H24N4O3/c25-17-4-3-16(18(26)23-17)24-9-13-5-12(1-2-15(13)19(24)27)7-21-10-20-6-14(20)8-22-11-20/h1-2,5,14,16,21-22H,3-4,6-11H2,(H,23,25,26)/t14-,16?,20-/m1/s1. The Morgan fingerprint density at radius 1 is 1.26 bits per heavy atom. The maximum atomic E-state index is 12.7. The highest BCUT2D eigenvalue weighted by molar-refractivity contribution is 6.05. The molecule has 3 fully saturated rings. The summed E-state index contributed by atoms with van der Waals surface area (Å²) in [5, 5.41) is 9.37. The van der Waals surface area contributed by atoms with Crippen LogP contribution in [0.4, 0.5) is 0 Å². The molecule has 4 aliphatic rings. The average Bonchev–Trinajstić information content (AvgIpc) is 3.01. The minimum atomic E-state index is -0.551. The topological polar surface area (TPSA) is 90.5 Å². The first-order chi connectivity index (χ1) is 13.1. The minimum Gasteiger partial charge on any atom is -0.322 e. The van der Waals surface area contributed by atoms with Gasteiger partial charge < -0.3 is 15.5 Å². The number of piperidine rings is 2. The van der Waals surface area contributed by atoms with Gasteiger partial charge in [0.2, 0.25) is 11.8 Å². The number of hydrogen-bond donors (Lipinski definition) is 3. The van der Waals surface area contributed by atoms with E-state index in [0.717, 1.165) is 43.2 Å². The Labute approximate surface area is 157 Å². The van der Waals surface area contributed by atoms with Gasteiger partial charge in [-0.15, -0.1) is 0 Å². The average molecular weight is 368 g/mol. The van der Waals surface area contributed by atoms with Crippen LogP contribution in [-0.2, 0) is 22.7 Å². The molecule has 1 saturated carbocycles. The van der Waals surface area contributed by atoms with Crippen molar-refractivity contribution in [2.24, 2.45) is 11.3 Å². The Balaban J connectivity index is 1.23. The Kier molecular flexibility index (Phi) is 3.84. The highest BCUT2D eigenvalue weighted by atomic mass is 16.2. The summed E-state index contributed by atoms with van der Waals surface area (Å²) in [5.41, 5.74) is 3.26. The largest absolute Gasteiger partial charge is 0.322 e. The van der Waals surface area contributed by atoms with Gasteiger partial charge in [-0.05, 0) is 47.9 Å². The fourth-order valence-electron chi connectivity index (χ4n) is 4.90. The molecule has 3 atom stereocenters. The Bertz CT molecular complexity index is 839. The summed E-state index contributed by atoms with van der Waals surface area (Å²) >= 11 is 0. The molecule has 1 aliphatic carbocycles. The maximum Gasteiger partial charge on any atom is 0.255 e. The molecule has 7 nitrogen and oxygen atoms in total. The molecule has 3 aliphatic heterocycles. The van der Waals surface area contributed by atoms with Gasteiger partial charge in [0.15, 0.2) is 0 Å². The third-order valence-electron chi connectivity index (χ3n) is 6.62. The van der Waals surface area contributed by atoms with Crippen LogP contribution in [-0.4, -0.2) is 48.3 Å². The molecule has 142 valence electrons. The molecule has 3 N–H and O–H groups in total. The predicted octanol–water partition coefficient (Wildman–Crippen LogP) is 0.147. The minimum absolute atomic E-state index is 0.115. The summed E-state index contributed by atoms with van der Waals surface area (Å²) in [6.07, 6.45) is 2.01. The fraction of sp³-hybridized carbons (Fsp3) is 0.550. The summed E-state index contributed by atoms with van der Waals surface area (Å²) < 4.78 is 0. The van der Waals surface area contributed by atoms with Crippen molar-refractivity contribution in [2.45, 2.75) is 38.4 Å². The van der Waals surface area contributed by atoms with Crippen LogP contribution in [0.1, 0.15) is 40.7 Å². The summed E-state index contributed by atoms with van der Waals surface area (Å²) in [5.74, 6) is 0.0989. The van der Waals surface area contributed by atoms with Crippen molar-refractivity contribution in [2.75, 3.05) is 19.6 Å². The summed E-state index contributed by atoms with van der Waals surface area (Å²) in [4.78, 5) is 37.8. The van der Waals surface area contributed by atoms with Crippen LogP contribution in [0.3, 0.4) is 0 Å². The molecular formula is C20H24N4O3. The number of fused-ring (bicyclic) bond motifs is 2. The molecule has 3 amide bonds. The van der Waals surface area contributed by atoms with E-state index >= 15 is 0 Å². The normalized spacial score (nSPS) is 31.7. The SMILES string of the molecule is O=C1CCC(N2Cc3cc(CNC[C@]45CNC[C@H]4C5)ccc3C2=O)C(=O)N1. The molecule has 0 aromatic heterocycles. The smallest absolute Gasteiger partial charge is 0.255 e. The van der Waals surface area contributed by atoms with Gasteiger partial charge in [-0.3, -0.25) is 19.7 Å². The highest BCUT2D eigenvalue weighted by Crippen LogP contribution is 2.54. The lowest BCUT2D eigenvalue weighted by molar-refractivity contribution is -0.136. The second kappa shape index (κ2) is 6.14. The first-order valence-electron chi connectivity index (χ1n) is 9.74. The maximum absolute atomic E-state index is 12.7. The molecule has 0 spiro atoms. The molecule has 0 radical (unpaired) electrons. The second-order valence-electron chi connectivity index (χ2n) is 8.39. The van der Waals surface area contributed by atoms with Gasteiger partial charge in [-0.25, -0.2) is 0 Å². The van der Waals surface area contributed by atoms with Gasteiger partial charge in [-0.2, -0.15) is 0 Å². The van der Waals surface area contributed by atoms with Crippen molar-refractivity contribution < 1.29 is 14.4 Å². The number of carbonyl (C=O) groups excluding carboxylic acids is 3. The summed E-state index contributed by atoms with van der Waals surface area (Å²) in [6, 6.07) is 5.38. The van der Waals surface area contributed by atoms with Gasteiger partial charge in [0.05, 0.1) is 0 Å². The van der Waals surface area contributed by atoms with Crippen LogP contribution < -0.4 is 16.0 Å². The van der Waals surface area contributed by atoms with Crippen LogP contribution in [0.2, 0.25) is 0 Å². The lowest BCUT2D eigenvalue weighted by atomic mass is 10.0. The van der Waals surface area contributed by atoms with Crippen molar-refractivity contribution >= 4 is 17.7 Å². The number of carbonyl (C=O) groups is 3. The second-order valence-corrected chi connectivity index (χ2v) is 8.39. The van der Waals surface area contributed by atoms with E-state index in [9.17, 15) is 14.4 Å². The van der Waals surface area contributed by atoms with E-state index in [4.69, 9.17) is 0 Å². The van der Waals surface area contributed by atoms with Crippen LogP contribution in [0.15, 0.2) is 18.2 Å². The van der Waals surface area contributed by atoms with Crippen LogP contribution in [0.25, 0.3) is 0 Å². The van der Waals surface area contributed by atoms with E-state index in [1.807, 2.05) is 12.1 Å². The van der Waals surface area contributed by atoms with Crippen LogP contribution in [0.5, 0.6) is 0 Å². The van der Waals surface area contributed by atoms with Gasteiger partial charge in [0.1, 0.15) is 6.04 Å². The number of rotatable bonds is 5. The Morgan fingerprint density at radius 3 is 2.89 bits per heavy atom. The first kappa shape index (κ1) is 16.9. The first-order valence-corrected chi connectivity index (χ1v) is 9.74. The molecule has 27 heavy (non-hydrogen) atoms. The summed E-state index contributed by atoms with van der Waals surface area (Å²) in [7, 11) is 0. The quantitative estimate of drug-likeness (QED) is 0.644. The Hall–Kier alpha value is -2.25. The van der Waals surface area contributed by atoms with Gasteiger partial charge in [0, 0.05) is 38.2 Å². The van der Waals surface area contributed by atoms with Crippen LogP contribution >= 0.6 is 0 Å². The fourth-order valence-corrected chi connectivity index (χ4v) is 4.90. The number of nitrogens with one attached hydrogen (secondary N) is 3. The molecule has 3 heterocycles. The van der Waals surface area contributed by atoms with E-state index < -0.39 is 6.04 Å². The van der Waals surface area contributed by atoms with E-state index in [1.165, 1.54) is 6.42 Å². The number of nitrogens with zero attached hydrogens (tertiary/aromatic N) is 1. The predicted molar refractivity (Wildman–Crippen MR) is 97.6 cm³/mol. The third-order valence-corrected chi connectivity index (χ3v) is 6.62. The van der Waals surface area contributed by atoms with Gasteiger partial charge in [0.25, 0.3) is 5.91 Å². The van der Waals surface area contributed by atoms with Crippen molar-refractivity contribution in [3.05, 3.63) is 34.9 Å². The third kappa shape index (κ3) is 2.85. The van der Waals surface area contributed by atoms with Gasteiger partial charge >= 0.3 is 0 Å². The zero-order valence-corrected chi connectivity index (χ0v) is 15.2. The van der Waals surface area contributed by atoms with E-state index in [0.29, 0.717) is 23.9 Å². The Morgan fingerprint density at radius 2 is 2.15 bits per heavy atom. The van der Waals surface area contributed by atoms with E-state index in [2.05, 4.69) is 22.0 Å². The molecule has 2 saturated heterocycles. The summed E-state index contributed by atoms with van der Waals surface area (Å²) in [6.45, 7) is 4.52. The van der Waals surface area contributed by atoms with Crippen molar-refractivity contribution in [1.82, 2.24) is 20.9 Å². The lowest BCUT2D eigenvalue weighted by Gasteiger charge is -2.29. The number of amides is 3. The van der Waals surface area contributed by atoms with Crippen molar-refractivity contribution in [1.29, 1.82) is 0 Å². The monoisotopic (exact) mass is 368 g/mol. The van der Waals surface area contributed by atoms with E-state index in [-0.39, 0.29) is 24.1 Å². The molecule has 0 bridgehead atoms. The van der Waals surface area contributed by atoms with Gasteiger partial charge in [-0.1, -0.05) is 12.1 Å². The molecular weight excluding hydrogens is 344 g/mol. The zero-order chi connectivity index (χ0) is 18.6. The lowest BCUT2D eigenvalue weighted by Crippen LogP contribution is -2.52. The molecule has 7 heteroatoms. The number of benzene rings is 1. The van der Waals surface area contributed by atoms with Crippen LogP contribution in [0, 0.1) is 11.3 Å². The van der Waals surface area contributed by atoms with Crippen molar-refractivity contribution in [3.63, 3.8) is 0 Å². The molecule has 1 unspecified atom stereocenters. The van der Waals surface area contributed by atoms with Crippen molar-refractivity contribution in [3.8, 4) is 0 Å². The number of imide groups is 1. The van der Waals surface area contributed by atoms with E-state index in [1.54, 1.807) is 4.90 Å². The molecule has 1 aromatic rings. The number of hydrogen-bond acceptors (Lipinski definition) is 5. The zero-order valence-electron chi connectivity index (χ0n) is 15.2.